The van der Waals surface area contributed by atoms with Gasteiger partial charge in [0.25, 0.3) is 11.8 Å². The van der Waals surface area contributed by atoms with Crippen molar-refractivity contribution in [2.75, 3.05) is 13.2 Å². The van der Waals surface area contributed by atoms with E-state index in [1.165, 1.54) is 16.0 Å². The molecule has 10 nitrogen and oxygen atoms in total. The number of pyridine rings is 1. The summed E-state index contributed by atoms with van der Waals surface area (Å²) in [6.07, 6.45) is 2.27. The van der Waals surface area contributed by atoms with E-state index in [1.54, 1.807) is 24.4 Å². The van der Waals surface area contributed by atoms with Gasteiger partial charge in [0.15, 0.2) is 0 Å². The highest BCUT2D eigenvalue weighted by Crippen LogP contribution is 2.31. The van der Waals surface area contributed by atoms with E-state index in [0.29, 0.717) is 24.3 Å². The molecule has 0 bridgehead atoms. The second-order valence-corrected chi connectivity index (χ2v) is 12.3. The first kappa shape index (κ1) is 31.6. The minimum atomic E-state index is -1.20. The van der Waals surface area contributed by atoms with Crippen LogP contribution < -0.4 is 5.32 Å². The molecule has 10 heteroatoms. The fraction of sp³-hybridized carbons (Fsp3) is 0.343. The predicted molar refractivity (Wildman–Crippen MR) is 171 cm³/mol. The average molecular weight is 610 g/mol. The molecule has 5 rings (SSSR count). The summed E-state index contributed by atoms with van der Waals surface area (Å²) in [5.41, 5.74) is 1.70. The number of hydrogen-bond acceptors (Lipinski definition) is 7. The Kier molecular flexibility index (Phi) is 9.43. The summed E-state index contributed by atoms with van der Waals surface area (Å²) in [7, 11) is 0. The quantitative estimate of drug-likeness (QED) is 0.362. The molecule has 3 amide bonds. The third-order valence-corrected chi connectivity index (χ3v) is 7.76. The Morgan fingerprint density at radius 1 is 1.02 bits per heavy atom. The molecule has 0 saturated heterocycles. The standard InChI is InChI=1S/C35H39N5O5/c1-23(2)30-34(44)39(28(25-15-9-6-10-16-25)20-40(30)33(43)26-17-11-12-18-36-26)21-29(41)37-27(19-24-13-7-5-8-14-24)31(42)32-38-35(3,4)22-45-32/h5-18,20,23,27,30-31,42H,19,21-22H2,1-4H3,(H,37,41)/t27?,30-,31?/m1/s1. The van der Waals surface area contributed by atoms with Crippen molar-refractivity contribution in [1.29, 1.82) is 0 Å². The van der Waals surface area contributed by atoms with Crippen molar-refractivity contribution < 1.29 is 24.2 Å². The van der Waals surface area contributed by atoms with Gasteiger partial charge in [-0.3, -0.25) is 29.2 Å². The van der Waals surface area contributed by atoms with E-state index in [2.05, 4.69) is 15.3 Å². The van der Waals surface area contributed by atoms with Gasteiger partial charge >= 0.3 is 0 Å². The van der Waals surface area contributed by atoms with Gasteiger partial charge in [-0.15, -0.1) is 0 Å². The van der Waals surface area contributed by atoms with Gasteiger partial charge in [-0.05, 0) is 49.4 Å². The number of aliphatic hydroxyl groups is 1. The molecule has 0 radical (unpaired) electrons. The van der Waals surface area contributed by atoms with Crippen LogP contribution in [-0.2, 0) is 20.7 Å². The molecule has 3 heterocycles. The molecule has 0 spiro atoms. The van der Waals surface area contributed by atoms with Gasteiger partial charge in [-0.1, -0.05) is 80.6 Å². The Bertz CT molecular complexity index is 1570. The SMILES string of the molecule is CC(C)[C@@H]1C(=O)N(CC(=O)NC(Cc2ccccc2)C(O)C2=NC(C)(C)CO2)C(c2ccccc2)=CN1C(=O)c1ccccn1. The molecule has 0 fully saturated rings. The van der Waals surface area contributed by atoms with Crippen LogP contribution in [0, 0.1) is 5.92 Å². The monoisotopic (exact) mass is 609 g/mol. The van der Waals surface area contributed by atoms with Crippen LogP contribution in [0.4, 0.5) is 0 Å². The van der Waals surface area contributed by atoms with Gasteiger partial charge in [0, 0.05) is 12.4 Å². The van der Waals surface area contributed by atoms with Gasteiger partial charge in [0.2, 0.25) is 11.8 Å². The van der Waals surface area contributed by atoms with Crippen LogP contribution in [0.3, 0.4) is 0 Å². The van der Waals surface area contributed by atoms with Gasteiger partial charge < -0.3 is 15.2 Å². The fourth-order valence-corrected chi connectivity index (χ4v) is 5.54. The number of carbonyl (C=O) groups is 3. The molecule has 1 aromatic heterocycles. The predicted octanol–water partition coefficient (Wildman–Crippen LogP) is 3.68. The van der Waals surface area contributed by atoms with Crippen molar-refractivity contribution in [3.63, 3.8) is 0 Å². The number of aliphatic hydroxyl groups excluding tert-OH is 1. The molecule has 2 N–H and O–H groups in total. The van der Waals surface area contributed by atoms with Crippen molar-refractivity contribution in [3.05, 3.63) is 108 Å². The third-order valence-electron chi connectivity index (χ3n) is 7.76. The lowest BCUT2D eigenvalue weighted by atomic mass is 9.96. The molecule has 3 atom stereocenters. The van der Waals surface area contributed by atoms with E-state index in [9.17, 15) is 19.5 Å². The third kappa shape index (κ3) is 7.29. The maximum absolute atomic E-state index is 14.2. The highest BCUT2D eigenvalue weighted by Gasteiger charge is 2.42. The molecule has 3 aromatic rings. The number of aromatic nitrogens is 1. The summed E-state index contributed by atoms with van der Waals surface area (Å²) >= 11 is 0. The Labute approximate surface area is 263 Å². The summed E-state index contributed by atoms with van der Waals surface area (Å²) in [6, 6.07) is 22.1. The van der Waals surface area contributed by atoms with Gasteiger partial charge in [-0.2, -0.15) is 0 Å². The summed E-state index contributed by atoms with van der Waals surface area (Å²) in [4.78, 5) is 53.2. The molecule has 45 heavy (non-hydrogen) atoms. The number of benzene rings is 2. The highest BCUT2D eigenvalue weighted by atomic mass is 16.5. The second-order valence-electron chi connectivity index (χ2n) is 12.3. The van der Waals surface area contributed by atoms with Gasteiger partial charge in [0.05, 0.1) is 17.3 Å². The Hall–Kier alpha value is -4.83. The molecule has 2 aliphatic heterocycles. The minimum Gasteiger partial charge on any atom is -0.476 e. The van der Waals surface area contributed by atoms with E-state index in [-0.39, 0.29) is 24.1 Å². The van der Waals surface area contributed by atoms with Crippen molar-refractivity contribution in [1.82, 2.24) is 20.1 Å². The second kappa shape index (κ2) is 13.4. The molecular weight excluding hydrogens is 570 g/mol. The van der Waals surface area contributed by atoms with Crippen LogP contribution >= 0.6 is 0 Å². The number of carbonyl (C=O) groups excluding carboxylic acids is 3. The highest BCUT2D eigenvalue weighted by molar-refractivity contribution is 6.03. The van der Waals surface area contributed by atoms with E-state index in [4.69, 9.17) is 4.74 Å². The lowest BCUT2D eigenvalue weighted by Crippen LogP contribution is -2.57. The van der Waals surface area contributed by atoms with Crippen molar-refractivity contribution >= 4 is 29.3 Å². The van der Waals surface area contributed by atoms with E-state index >= 15 is 0 Å². The first-order valence-electron chi connectivity index (χ1n) is 15.1. The number of hydrogen-bond donors (Lipinski definition) is 2. The first-order chi connectivity index (χ1) is 21.5. The van der Waals surface area contributed by atoms with Crippen LogP contribution in [0.1, 0.15) is 49.3 Å². The van der Waals surface area contributed by atoms with Crippen LogP contribution in [-0.4, -0.2) is 80.4 Å². The minimum absolute atomic E-state index is 0.170. The average Bonchev–Trinajstić information content (AvgIpc) is 3.41. The zero-order chi connectivity index (χ0) is 32.1. The number of amides is 3. The summed E-state index contributed by atoms with van der Waals surface area (Å²) in [5.74, 6) is -1.38. The van der Waals surface area contributed by atoms with E-state index in [0.717, 1.165) is 5.56 Å². The Balaban J connectivity index is 1.46. The number of rotatable bonds is 10. The zero-order valence-electron chi connectivity index (χ0n) is 26.0. The van der Waals surface area contributed by atoms with Gasteiger partial charge in [-0.25, -0.2) is 4.99 Å². The summed E-state index contributed by atoms with van der Waals surface area (Å²) in [6.45, 7) is 7.52. The largest absolute Gasteiger partial charge is 0.476 e. The number of nitrogens with one attached hydrogen (secondary N) is 1. The molecule has 0 aliphatic carbocycles. The van der Waals surface area contributed by atoms with Crippen LogP contribution in [0.2, 0.25) is 0 Å². The molecule has 0 saturated carbocycles. The molecule has 2 unspecified atom stereocenters. The Morgan fingerprint density at radius 3 is 2.29 bits per heavy atom. The zero-order valence-corrected chi connectivity index (χ0v) is 26.0. The molecular formula is C35H39N5O5. The van der Waals surface area contributed by atoms with Crippen molar-refractivity contribution in [2.45, 2.75) is 57.8 Å². The van der Waals surface area contributed by atoms with E-state index < -0.39 is 41.4 Å². The summed E-state index contributed by atoms with van der Waals surface area (Å²) < 4.78 is 5.72. The van der Waals surface area contributed by atoms with Crippen molar-refractivity contribution in [3.8, 4) is 0 Å². The van der Waals surface area contributed by atoms with Crippen molar-refractivity contribution in [2.24, 2.45) is 10.9 Å². The van der Waals surface area contributed by atoms with E-state index in [1.807, 2.05) is 88.4 Å². The summed E-state index contributed by atoms with van der Waals surface area (Å²) in [5, 5.41) is 14.3. The molecule has 2 aromatic carbocycles. The maximum atomic E-state index is 14.2. The number of nitrogens with zero attached hydrogens (tertiary/aromatic N) is 4. The van der Waals surface area contributed by atoms with Crippen LogP contribution in [0.5, 0.6) is 0 Å². The number of aliphatic imine (C=N–C) groups is 1. The van der Waals surface area contributed by atoms with Crippen LogP contribution in [0.15, 0.2) is 96.3 Å². The maximum Gasteiger partial charge on any atom is 0.277 e. The topological polar surface area (TPSA) is 124 Å². The molecule has 234 valence electrons. The van der Waals surface area contributed by atoms with Gasteiger partial charge in [0.1, 0.15) is 31.0 Å². The number of ether oxygens (including phenoxy) is 1. The first-order valence-corrected chi connectivity index (χ1v) is 15.1. The lowest BCUT2D eigenvalue weighted by Gasteiger charge is -2.41. The molecule has 2 aliphatic rings. The Morgan fingerprint density at radius 2 is 1.69 bits per heavy atom. The van der Waals surface area contributed by atoms with Crippen LogP contribution in [0.25, 0.3) is 5.70 Å². The fourth-order valence-electron chi connectivity index (χ4n) is 5.54. The smallest absolute Gasteiger partial charge is 0.277 e. The lowest BCUT2D eigenvalue weighted by molar-refractivity contribution is -0.138. The normalized spacial score (nSPS) is 19.0.